The third kappa shape index (κ3) is 3.53. The predicted octanol–water partition coefficient (Wildman–Crippen LogP) is 2.73. The highest BCUT2D eigenvalue weighted by Crippen LogP contribution is 2.17. The molecular formula is C13H17N3S. The summed E-state index contributed by atoms with van der Waals surface area (Å²) in [6.45, 7) is 0. The molecule has 0 bridgehead atoms. The number of imidazole rings is 1. The fourth-order valence-corrected chi connectivity index (χ4v) is 2.49. The summed E-state index contributed by atoms with van der Waals surface area (Å²) in [5.74, 6) is 1.09. The second-order valence-corrected chi connectivity index (χ2v) is 5.08. The Morgan fingerprint density at radius 1 is 1.29 bits per heavy atom. The van der Waals surface area contributed by atoms with E-state index in [4.69, 9.17) is 5.73 Å². The van der Waals surface area contributed by atoms with Crippen LogP contribution in [0.4, 0.5) is 5.69 Å². The van der Waals surface area contributed by atoms with Crippen LogP contribution in [-0.2, 0) is 13.5 Å². The number of aromatic nitrogens is 2. The number of rotatable bonds is 5. The first-order valence-electron chi connectivity index (χ1n) is 5.70. The maximum atomic E-state index is 5.65. The number of hydrogen-bond donors (Lipinski definition) is 1. The summed E-state index contributed by atoms with van der Waals surface area (Å²) < 4.78 is 2.05. The van der Waals surface area contributed by atoms with Gasteiger partial charge in [-0.25, -0.2) is 4.98 Å². The van der Waals surface area contributed by atoms with Gasteiger partial charge in [-0.2, -0.15) is 0 Å². The zero-order chi connectivity index (χ0) is 12.1. The van der Waals surface area contributed by atoms with E-state index >= 15 is 0 Å². The van der Waals surface area contributed by atoms with Crippen LogP contribution in [0.1, 0.15) is 12.0 Å². The first kappa shape index (κ1) is 12.0. The maximum Gasteiger partial charge on any atom is 0.167 e. The normalized spacial score (nSPS) is 10.6. The molecule has 0 radical (unpaired) electrons. The monoisotopic (exact) mass is 247 g/mol. The Hall–Kier alpha value is -1.42. The van der Waals surface area contributed by atoms with Crippen molar-refractivity contribution >= 4 is 17.4 Å². The number of nitrogens with zero attached hydrogens (tertiary/aromatic N) is 2. The zero-order valence-corrected chi connectivity index (χ0v) is 10.8. The number of anilines is 1. The number of nitrogens with two attached hydrogens (primary N) is 1. The van der Waals surface area contributed by atoms with Crippen LogP contribution in [0.5, 0.6) is 0 Å². The van der Waals surface area contributed by atoms with Crippen LogP contribution < -0.4 is 5.73 Å². The van der Waals surface area contributed by atoms with E-state index in [-0.39, 0.29) is 0 Å². The van der Waals surface area contributed by atoms with Gasteiger partial charge in [0.05, 0.1) is 0 Å². The molecule has 0 saturated heterocycles. The lowest BCUT2D eigenvalue weighted by molar-refractivity contribution is 0.788. The zero-order valence-electron chi connectivity index (χ0n) is 9.97. The SMILES string of the molecule is Cn1ccnc1SCCCc1ccc(N)cc1. The summed E-state index contributed by atoms with van der Waals surface area (Å²) in [5, 5.41) is 1.09. The highest BCUT2D eigenvalue weighted by Gasteiger charge is 1.99. The molecule has 0 fully saturated rings. The van der Waals surface area contributed by atoms with Crippen molar-refractivity contribution in [3.63, 3.8) is 0 Å². The van der Waals surface area contributed by atoms with E-state index in [1.165, 1.54) is 5.56 Å². The van der Waals surface area contributed by atoms with Gasteiger partial charge in [0, 0.05) is 30.9 Å². The minimum Gasteiger partial charge on any atom is -0.399 e. The van der Waals surface area contributed by atoms with E-state index in [0.717, 1.165) is 29.4 Å². The van der Waals surface area contributed by atoms with Crippen molar-refractivity contribution in [3.05, 3.63) is 42.2 Å². The number of aryl methyl sites for hydroxylation is 2. The minimum absolute atomic E-state index is 0.830. The van der Waals surface area contributed by atoms with Crippen LogP contribution in [-0.4, -0.2) is 15.3 Å². The molecule has 0 aliphatic carbocycles. The Bertz CT molecular complexity index is 462. The summed E-state index contributed by atoms with van der Waals surface area (Å²) in [5.41, 5.74) is 7.82. The fraction of sp³-hybridized carbons (Fsp3) is 0.308. The molecule has 0 amide bonds. The Kier molecular flexibility index (Phi) is 4.09. The second-order valence-electron chi connectivity index (χ2n) is 4.01. The van der Waals surface area contributed by atoms with Gasteiger partial charge < -0.3 is 10.3 Å². The topological polar surface area (TPSA) is 43.8 Å². The summed E-state index contributed by atoms with van der Waals surface area (Å²) >= 11 is 1.80. The molecule has 2 aromatic rings. The lowest BCUT2D eigenvalue weighted by Crippen LogP contribution is -1.92. The average molecular weight is 247 g/mol. The van der Waals surface area contributed by atoms with E-state index in [1.54, 1.807) is 11.8 Å². The lowest BCUT2D eigenvalue weighted by Gasteiger charge is -2.03. The number of thioether (sulfide) groups is 1. The second kappa shape index (κ2) is 5.77. The van der Waals surface area contributed by atoms with Gasteiger partial charge in [0.25, 0.3) is 0 Å². The van der Waals surface area contributed by atoms with Crippen molar-refractivity contribution in [2.45, 2.75) is 18.0 Å². The smallest absolute Gasteiger partial charge is 0.167 e. The Morgan fingerprint density at radius 3 is 2.71 bits per heavy atom. The van der Waals surface area contributed by atoms with Crippen LogP contribution in [0, 0.1) is 0 Å². The van der Waals surface area contributed by atoms with Crippen molar-refractivity contribution in [3.8, 4) is 0 Å². The highest BCUT2D eigenvalue weighted by molar-refractivity contribution is 7.99. The average Bonchev–Trinajstić information content (AvgIpc) is 2.73. The van der Waals surface area contributed by atoms with Crippen LogP contribution in [0.15, 0.2) is 41.8 Å². The van der Waals surface area contributed by atoms with E-state index in [1.807, 2.05) is 36.1 Å². The van der Waals surface area contributed by atoms with Crippen LogP contribution in [0.2, 0.25) is 0 Å². The molecule has 90 valence electrons. The molecule has 17 heavy (non-hydrogen) atoms. The maximum absolute atomic E-state index is 5.65. The highest BCUT2D eigenvalue weighted by atomic mass is 32.2. The minimum atomic E-state index is 0.830. The number of nitrogen functional groups attached to an aromatic ring is 1. The van der Waals surface area contributed by atoms with Crippen molar-refractivity contribution in [1.82, 2.24) is 9.55 Å². The Morgan fingerprint density at radius 2 is 2.06 bits per heavy atom. The largest absolute Gasteiger partial charge is 0.399 e. The molecule has 0 aliphatic rings. The van der Waals surface area contributed by atoms with Gasteiger partial charge >= 0.3 is 0 Å². The van der Waals surface area contributed by atoms with Crippen LogP contribution >= 0.6 is 11.8 Å². The van der Waals surface area contributed by atoms with E-state index < -0.39 is 0 Å². The van der Waals surface area contributed by atoms with Gasteiger partial charge in [-0.3, -0.25) is 0 Å². The fourth-order valence-electron chi connectivity index (χ4n) is 1.62. The molecule has 1 aromatic carbocycles. The molecule has 4 heteroatoms. The molecular weight excluding hydrogens is 230 g/mol. The molecule has 1 aromatic heterocycles. The van der Waals surface area contributed by atoms with Crippen molar-refractivity contribution < 1.29 is 0 Å². The Labute approximate surface area is 106 Å². The lowest BCUT2D eigenvalue weighted by atomic mass is 10.1. The van der Waals surface area contributed by atoms with Gasteiger partial charge in [-0.05, 0) is 30.5 Å². The van der Waals surface area contributed by atoms with E-state index in [9.17, 15) is 0 Å². The quantitative estimate of drug-likeness (QED) is 0.502. The first-order chi connectivity index (χ1) is 8.25. The van der Waals surface area contributed by atoms with Gasteiger partial charge in [0.2, 0.25) is 0 Å². The van der Waals surface area contributed by atoms with Crippen LogP contribution in [0.25, 0.3) is 0 Å². The molecule has 0 unspecified atom stereocenters. The van der Waals surface area contributed by atoms with Gasteiger partial charge in [0.15, 0.2) is 5.16 Å². The van der Waals surface area contributed by atoms with E-state index in [2.05, 4.69) is 17.1 Å². The van der Waals surface area contributed by atoms with Crippen molar-refractivity contribution in [2.75, 3.05) is 11.5 Å². The summed E-state index contributed by atoms with van der Waals surface area (Å²) in [7, 11) is 2.02. The predicted molar refractivity (Wildman–Crippen MR) is 73.1 cm³/mol. The van der Waals surface area contributed by atoms with Crippen molar-refractivity contribution in [1.29, 1.82) is 0 Å². The van der Waals surface area contributed by atoms with Crippen molar-refractivity contribution in [2.24, 2.45) is 7.05 Å². The van der Waals surface area contributed by atoms with Gasteiger partial charge in [0.1, 0.15) is 0 Å². The molecule has 2 rings (SSSR count). The van der Waals surface area contributed by atoms with Gasteiger partial charge in [-0.15, -0.1) is 0 Å². The van der Waals surface area contributed by atoms with E-state index in [0.29, 0.717) is 0 Å². The first-order valence-corrected chi connectivity index (χ1v) is 6.69. The summed E-state index contributed by atoms with van der Waals surface area (Å²) in [6, 6.07) is 8.12. The number of benzene rings is 1. The third-order valence-electron chi connectivity index (χ3n) is 2.60. The molecule has 0 aliphatic heterocycles. The summed E-state index contributed by atoms with van der Waals surface area (Å²) in [6.07, 6.45) is 6.06. The Balaban J connectivity index is 1.73. The standard InChI is InChI=1S/C13H17N3S/c1-16-9-8-15-13(16)17-10-2-3-11-4-6-12(14)7-5-11/h4-9H,2-3,10,14H2,1H3. The number of hydrogen-bond acceptors (Lipinski definition) is 3. The summed E-state index contributed by atoms with van der Waals surface area (Å²) in [4.78, 5) is 4.28. The molecule has 0 atom stereocenters. The molecule has 3 nitrogen and oxygen atoms in total. The van der Waals surface area contributed by atoms with Gasteiger partial charge in [-0.1, -0.05) is 23.9 Å². The molecule has 0 saturated carbocycles. The third-order valence-corrected chi connectivity index (χ3v) is 3.74. The molecule has 1 heterocycles. The van der Waals surface area contributed by atoms with Crippen LogP contribution in [0.3, 0.4) is 0 Å². The molecule has 2 N–H and O–H groups in total. The molecule has 0 spiro atoms.